The van der Waals surface area contributed by atoms with Gasteiger partial charge in [0.1, 0.15) is 0 Å². The Hall–Kier alpha value is -2.14. The van der Waals surface area contributed by atoms with Crippen LogP contribution in [0.4, 0.5) is 0 Å². The van der Waals surface area contributed by atoms with Crippen LogP contribution in [-0.2, 0) is 17.9 Å². The van der Waals surface area contributed by atoms with Gasteiger partial charge in [0.25, 0.3) is 0 Å². The number of hydrogen-bond acceptors (Lipinski definition) is 3. The van der Waals surface area contributed by atoms with Gasteiger partial charge in [-0.2, -0.15) is 0 Å². The summed E-state index contributed by atoms with van der Waals surface area (Å²) in [6.07, 6.45) is 10.3. The van der Waals surface area contributed by atoms with E-state index in [0.29, 0.717) is 6.54 Å². The van der Waals surface area contributed by atoms with E-state index in [1.807, 2.05) is 22.9 Å². The molecule has 0 bridgehead atoms. The first-order valence-electron chi connectivity index (χ1n) is 8.27. The van der Waals surface area contributed by atoms with Crippen molar-refractivity contribution in [3.63, 3.8) is 0 Å². The minimum atomic E-state index is -0.683. The van der Waals surface area contributed by atoms with E-state index in [2.05, 4.69) is 22.4 Å². The molecule has 1 fully saturated rings. The third-order valence-corrected chi connectivity index (χ3v) is 4.67. The summed E-state index contributed by atoms with van der Waals surface area (Å²) in [6, 6.07) is 8.15. The quantitative estimate of drug-likeness (QED) is 0.889. The Labute approximate surface area is 136 Å². The molecule has 122 valence electrons. The summed E-state index contributed by atoms with van der Waals surface area (Å²) in [5.74, 6) is -0.0189. The predicted molar refractivity (Wildman–Crippen MR) is 89.6 cm³/mol. The number of amides is 1. The van der Waals surface area contributed by atoms with Gasteiger partial charge < -0.3 is 15.6 Å². The molecule has 0 unspecified atom stereocenters. The lowest BCUT2D eigenvalue weighted by Gasteiger charge is -2.31. The lowest BCUT2D eigenvalue weighted by atomic mass is 9.82. The van der Waals surface area contributed by atoms with E-state index in [0.717, 1.165) is 37.8 Å². The number of rotatable bonds is 5. The van der Waals surface area contributed by atoms with Gasteiger partial charge in [-0.15, -0.1) is 0 Å². The summed E-state index contributed by atoms with van der Waals surface area (Å²) in [7, 11) is 0. The van der Waals surface area contributed by atoms with Crippen molar-refractivity contribution in [2.75, 3.05) is 0 Å². The van der Waals surface area contributed by atoms with E-state index in [1.54, 1.807) is 12.5 Å². The van der Waals surface area contributed by atoms with Crippen molar-refractivity contribution in [3.05, 3.63) is 54.1 Å². The Morgan fingerprint density at radius 2 is 1.96 bits per heavy atom. The van der Waals surface area contributed by atoms with Gasteiger partial charge in [0, 0.05) is 25.5 Å². The molecular weight excluding hydrogens is 288 g/mol. The number of aromatic nitrogens is 2. The molecule has 23 heavy (non-hydrogen) atoms. The number of carbonyl (C=O) groups excluding carboxylic acids is 1. The lowest BCUT2D eigenvalue weighted by molar-refractivity contribution is -0.127. The summed E-state index contributed by atoms with van der Waals surface area (Å²) < 4.78 is 2.02. The SMILES string of the molecule is NC1(C(=O)NCc2ccccc2Cn2ccnc2)CCCCC1. The van der Waals surface area contributed by atoms with E-state index in [4.69, 9.17) is 5.73 Å². The zero-order valence-corrected chi connectivity index (χ0v) is 13.4. The molecule has 0 saturated heterocycles. The number of nitrogens with one attached hydrogen (secondary N) is 1. The molecular formula is C18H24N4O. The van der Waals surface area contributed by atoms with Crippen LogP contribution in [0.5, 0.6) is 0 Å². The number of benzene rings is 1. The molecule has 0 aliphatic heterocycles. The molecule has 0 radical (unpaired) electrons. The first-order chi connectivity index (χ1) is 11.2. The molecule has 5 nitrogen and oxygen atoms in total. The largest absolute Gasteiger partial charge is 0.350 e. The van der Waals surface area contributed by atoms with Crippen molar-refractivity contribution < 1.29 is 4.79 Å². The van der Waals surface area contributed by atoms with Crippen molar-refractivity contribution in [3.8, 4) is 0 Å². The highest BCUT2D eigenvalue weighted by molar-refractivity contribution is 5.86. The molecule has 5 heteroatoms. The molecule has 1 aliphatic carbocycles. The molecule has 1 heterocycles. The molecule has 0 spiro atoms. The van der Waals surface area contributed by atoms with Crippen LogP contribution in [0.2, 0.25) is 0 Å². The van der Waals surface area contributed by atoms with E-state index in [9.17, 15) is 4.79 Å². The average molecular weight is 312 g/mol. The topological polar surface area (TPSA) is 72.9 Å². The second-order valence-corrected chi connectivity index (χ2v) is 6.40. The Morgan fingerprint density at radius 1 is 1.22 bits per heavy atom. The smallest absolute Gasteiger partial charge is 0.240 e. The molecule has 1 amide bonds. The molecule has 0 atom stereocenters. The van der Waals surface area contributed by atoms with E-state index >= 15 is 0 Å². The highest BCUT2D eigenvalue weighted by Crippen LogP contribution is 2.26. The van der Waals surface area contributed by atoms with Crippen LogP contribution in [0, 0.1) is 0 Å². The third-order valence-electron chi connectivity index (χ3n) is 4.67. The standard InChI is InChI=1S/C18H24N4O/c19-18(8-4-1-5-9-18)17(23)21-12-15-6-2-3-7-16(15)13-22-11-10-20-14-22/h2-3,6-7,10-11,14H,1,4-5,8-9,12-13,19H2,(H,21,23). The van der Waals surface area contributed by atoms with Crippen LogP contribution in [0.25, 0.3) is 0 Å². The van der Waals surface area contributed by atoms with Gasteiger partial charge in [-0.25, -0.2) is 4.98 Å². The fourth-order valence-electron chi connectivity index (χ4n) is 3.22. The van der Waals surface area contributed by atoms with Crippen molar-refractivity contribution in [2.45, 2.75) is 50.7 Å². The van der Waals surface area contributed by atoms with Crippen LogP contribution < -0.4 is 11.1 Å². The lowest BCUT2D eigenvalue weighted by Crippen LogP contribution is -2.54. The maximum Gasteiger partial charge on any atom is 0.240 e. The van der Waals surface area contributed by atoms with Gasteiger partial charge in [-0.3, -0.25) is 4.79 Å². The van der Waals surface area contributed by atoms with Crippen molar-refractivity contribution in [1.82, 2.24) is 14.9 Å². The van der Waals surface area contributed by atoms with Crippen molar-refractivity contribution >= 4 is 5.91 Å². The van der Waals surface area contributed by atoms with Crippen LogP contribution in [-0.4, -0.2) is 21.0 Å². The van der Waals surface area contributed by atoms with Gasteiger partial charge in [-0.05, 0) is 24.0 Å². The van der Waals surface area contributed by atoms with Gasteiger partial charge in [-0.1, -0.05) is 43.5 Å². The Balaban J connectivity index is 1.65. The summed E-state index contributed by atoms with van der Waals surface area (Å²) in [5.41, 5.74) is 7.91. The average Bonchev–Trinajstić information content (AvgIpc) is 3.07. The summed E-state index contributed by atoms with van der Waals surface area (Å²) in [6.45, 7) is 1.27. The van der Waals surface area contributed by atoms with Crippen LogP contribution >= 0.6 is 0 Å². The molecule has 1 aromatic heterocycles. The summed E-state index contributed by atoms with van der Waals surface area (Å²) in [4.78, 5) is 16.5. The molecule has 1 aliphatic rings. The number of nitrogens with zero attached hydrogens (tertiary/aromatic N) is 2. The van der Waals surface area contributed by atoms with E-state index in [-0.39, 0.29) is 5.91 Å². The first-order valence-corrected chi connectivity index (χ1v) is 8.27. The Bertz CT molecular complexity index is 645. The predicted octanol–water partition coefficient (Wildman–Crippen LogP) is 2.21. The zero-order valence-electron chi connectivity index (χ0n) is 13.4. The zero-order chi connectivity index (χ0) is 16.1. The van der Waals surface area contributed by atoms with Crippen LogP contribution in [0.3, 0.4) is 0 Å². The maximum atomic E-state index is 12.5. The fraction of sp³-hybridized carbons (Fsp3) is 0.444. The third kappa shape index (κ3) is 3.79. The van der Waals surface area contributed by atoms with E-state index in [1.165, 1.54) is 12.0 Å². The number of imidazole rings is 1. The number of carbonyl (C=O) groups is 1. The molecule has 3 N–H and O–H groups in total. The maximum absolute atomic E-state index is 12.5. The van der Waals surface area contributed by atoms with E-state index < -0.39 is 5.54 Å². The number of nitrogens with two attached hydrogens (primary N) is 1. The number of hydrogen-bond donors (Lipinski definition) is 2. The molecule has 3 rings (SSSR count). The van der Waals surface area contributed by atoms with Gasteiger partial charge >= 0.3 is 0 Å². The normalized spacial score (nSPS) is 16.9. The van der Waals surface area contributed by atoms with Gasteiger partial charge in [0.05, 0.1) is 11.9 Å². The molecule has 2 aromatic rings. The minimum absolute atomic E-state index is 0.0189. The van der Waals surface area contributed by atoms with Gasteiger partial charge in [0.15, 0.2) is 0 Å². The highest BCUT2D eigenvalue weighted by atomic mass is 16.2. The van der Waals surface area contributed by atoms with Crippen molar-refractivity contribution in [1.29, 1.82) is 0 Å². The fourth-order valence-corrected chi connectivity index (χ4v) is 3.22. The molecule has 1 saturated carbocycles. The van der Waals surface area contributed by atoms with Crippen LogP contribution in [0.15, 0.2) is 43.0 Å². The minimum Gasteiger partial charge on any atom is -0.350 e. The Kier molecular flexibility index (Phi) is 4.76. The first kappa shape index (κ1) is 15.7. The van der Waals surface area contributed by atoms with Crippen LogP contribution in [0.1, 0.15) is 43.2 Å². The summed E-state index contributed by atoms with van der Waals surface area (Å²) >= 11 is 0. The van der Waals surface area contributed by atoms with Gasteiger partial charge in [0.2, 0.25) is 5.91 Å². The second kappa shape index (κ2) is 6.96. The summed E-state index contributed by atoms with van der Waals surface area (Å²) in [5, 5.41) is 3.04. The second-order valence-electron chi connectivity index (χ2n) is 6.40. The van der Waals surface area contributed by atoms with Crippen molar-refractivity contribution in [2.24, 2.45) is 5.73 Å². The highest BCUT2D eigenvalue weighted by Gasteiger charge is 2.34. The molecule has 1 aromatic carbocycles. The Morgan fingerprint density at radius 3 is 2.65 bits per heavy atom. The monoisotopic (exact) mass is 312 g/mol.